The molecule has 0 atom stereocenters. The normalized spacial score (nSPS) is 11.2. The van der Waals surface area contributed by atoms with Crippen molar-refractivity contribution in [2.45, 2.75) is 27.7 Å². The third-order valence-corrected chi connectivity index (χ3v) is 2.53. The molecule has 0 heterocycles. The van der Waals surface area contributed by atoms with Crippen molar-refractivity contribution in [1.82, 2.24) is 0 Å². The maximum atomic E-state index is 5.62. The fraction of sp³-hybridized carbons (Fsp3) is 0.462. The highest BCUT2D eigenvalue weighted by Gasteiger charge is 2.09. The maximum absolute atomic E-state index is 5.62. The molecule has 3 N–H and O–H groups in total. The zero-order chi connectivity index (χ0) is 12.3. The summed E-state index contributed by atoms with van der Waals surface area (Å²) in [4.78, 5) is 0.458. The Hall–Kier alpha value is -1.09. The minimum Gasteiger partial charge on any atom is -0.389 e. The van der Waals surface area contributed by atoms with Crippen molar-refractivity contribution in [2.24, 2.45) is 11.1 Å². The maximum Gasteiger partial charge on any atom is 0.104 e. The van der Waals surface area contributed by atoms with Gasteiger partial charge in [0.25, 0.3) is 0 Å². The van der Waals surface area contributed by atoms with Crippen LogP contribution in [-0.2, 0) is 0 Å². The molecule has 0 bridgehead atoms. The molecule has 0 aliphatic carbocycles. The van der Waals surface area contributed by atoms with E-state index in [0.29, 0.717) is 4.99 Å². The first kappa shape index (κ1) is 13.0. The minimum atomic E-state index is 0.274. The third kappa shape index (κ3) is 3.81. The molecule has 0 radical (unpaired) electrons. The Morgan fingerprint density at radius 1 is 1.38 bits per heavy atom. The van der Waals surface area contributed by atoms with E-state index in [-0.39, 0.29) is 5.41 Å². The highest BCUT2D eigenvalue weighted by atomic mass is 32.1. The summed E-state index contributed by atoms with van der Waals surface area (Å²) in [6.45, 7) is 9.58. The van der Waals surface area contributed by atoms with Gasteiger partial charge in [-0.15, -0.1) is 0 Å². The molecule has 0 fully saturated rings. The van der Waals surface area contributed by atoms with E-state index in [2.05, 4.69) is 32.2 Å². The second kappa shape index (κ2) is 4.83. The van der Waals surface area contributed by atoms with Gasteiger partial charge in [-0.05, 0) is 36.1 Å². The lowest BCUT2D eigenvalue weighted by Gasteiger charge is -2.20. The van der Waals surface area contributed by atoms with E-state index >= 15 is 0 Å². The predicted molar refractivity (Wildman–Crippen MR) is 75.0 cm³/mol. The lowest BCUT2D eigenvalue weighted by atomic mass is 9.97. The molecule has 2 nitrogen and oxygen atoms in total. The van der Waals surface area contributed by atoms with Crippen LogP contribution in [0.5, 0.6) is 0 Å². The van der Waals surface area contributed by atoms with E-state index in [1.165, 1.54) is 0 Å². The largest absolute Gasteiger partial charge is 0.389 e. The average Bonchev–Trinajstić information content (AvgIpc) is 2.13. The van der Waals surface area contributed by atoms with E-state index in [0.717, 1.165) is 23.4 Å². The Labute approximate surface area is 103 Å². The molecular weight excluding hydrogens is 216 g/mol. The molecule has 0 saturated carbocycles. The van der Waals surface area contributed by atoms with Crippen LogP contribution in [0, 0.1) is 12.3 Å². The van der Waals surface area contributed by atoms with Gasteiger partial charge in [0.15, 0.2) is 0 Å². The molecular formula is C13H20N2S. The Balaban J connectivity index is 2.78. The van der Waals surface area contributed by atoms with Crippen molar-refractivity contribution < 1.29 is 0 Å². The molecule has 0 aromatic heterocycles. The predicted octanol–water partition coefficient (Wildman–Crippen LogP) is 3.09. The van der Waals surface area contributed by atoms with Gasteiger partial charge in [-0.1, -0.05) is 33.0 Å². The zero-order valence-electron chi connectivity index (χ0n) is 10.4. The summed E-state index contributed by atoms with van der Waals surface area (Å²) in [6, 6.07) is 6.08. The molecule has 0 saturated heterocycles. The SMILES string of the molecule is Cc1cc(NCC(C)(C)C)ccc1C(N)=S. The van der Waals surface area contributed by atoms with Crippen molar-refractivity contribution in [3.05, 3.63) is 29.3 Å². The van der Waals surface area contributed by atoms with Crippen LogP contribution in [0.3, 0.4) is 0 Å². The molecule has 1 rings (SSSR count). The zero-order valence-corrected chi connectivity index (χ0v) is 11.2. The van der Waals surface area contributed by atoms with Crippen LogP contribution < -0.4 is 11.1 Å². The lowest BCUT2D eigenvalue weighted by Crippen LogP contribution is -2.19. The second-order valence-electron chi connectivity index (χ2n) is 5.31. The van der Waals surface area contributed by atoms with Crippen LogP contribution in [-0.4, -0.2) is 11.5 Å². The van der Waals surface area contributed by atoms with Crippen LogP contribution in [0.15, 0.2) is 18.2 Å². The van der Waals surface area contributed by atoms with Gasteiger partial charge in [-0.2, -0.15) is 0 Å². The first-order valence-electron chi connectivity index (χ1n) is 5.44. The minimum absolute atomic E-state index is 0.274. The van der Waals surface area contributed by atoms with Gasteiger partial charge < -0.3 is 11.1 Å². The van der Waals surface area contributed by atoms with Gasteiger partial charge in [0, 0.05) is 17.8 Å². The first-order valence-corrected chi connectivity index (χ1v) is 5.85. The summed E-state index contributed by atoms with van der Waals surface area (Å²) >= 11 is 4.97. The molecule has 0 spiro atoms. The second-order valence-corrected chi connectivity index (χ2v) is 5.75. The Morgan fingerprint density at radius 3 is 2.44 bits per heavy atom. The van der Waals surface area contributed by atoms with Crippen molar-refractivity contribution in [3.63, 3.8) is 0 Å². The van der Waals surface area contributed by atoms with Gasteiger partial charge in [0.1, 0.15) is 4.99 Å². The molecule has 0 aliphatic rings. The van der Waals surface area contributed by atoms with Crippen molar-refractivity contribution in [2.75, 3.05) is 11.9 Å². The molecule has 1 aromatic rings. The van der Waals surface area contributed by atoms with E-state index in [1.54, 1.807) is 0 Å². The average molecular weight is 236 g/mol. The fourth-order valence-electron chi connectivity index (χ4n) is 1.42. The monoisotopic (exact) mass is 236 g/mol. The summed E-state index contributed by atoms with van der Waals surface area (Å²) in [7, 11) is 0. The summed E-state index contributed by atoms with van der Waals surface area (Å²) in [5.41, 5.74) is 9.08. The number of thiocarbonyl (C=S) groups is 1. The molecule has 1 aromatic carbocycles. The van der Waals surface area contributed by atoms with Crippen molar-refractivity contribution in [3.8, 4) is 0 Å². The van der Waals surface area contributed by atoms with Crippen molar-refractivity contribution in [1.29, 1.82) is 0 Å². The molecule has 3 heteroatoms. The van der Waals surface area contributed by atoms with Crippen LogP contribution in [0.4, 0.5) is 5.69 Å². The molecule has 88 valence electrons. The Kier molecular flexibility index (Phi) is 3.92. The topological polar surface area (TPSA) is 38.0 Å². The van der Waals surface area contributed by atoms with Crippen LogP contribution in [0.2, 0.25) is 0 Å². The Morgan fingerprint density at radius 2 is 2.00 bits per heavy atom. The number of rotatable bonds is 3. The first-order chi connectivity index (χ1) is 7.29. The van der Waals surface area contributed by atoms with Crippen molar-refractivity contribution >= 4 is 22.9 Å². The van der Waals surface area contributed by atoms with Gasteiger partial charge in [-0.3, -0.25) is 0 Å². The smallest absolute Gasteiger partial charge is 0.104 e. The van der Waals surface area contributed by atoms with E-state index < -0.39 is 0 Å². The number of hydrogen-bond donors (Lipinski definition) is 2. The number of anilines is 1. The van der Waals surface area contributed by atoms with Crippen LogP contribution in [0.25, 0.3) is 0 Å². The lowest BCUT2D eigenvalue weighted by molar-refractivity contribution is 0.443. The molecule has 16 heavy (non-hydrogen) atoms. The molecule has 0 aliphatic heterocycles. The van der Waals surface area contributed by atoms with Crippen LogP contribution >= 0.6 is 12.2 Å². The highest BCUT2D eigenvalue weighted by Crippen LogP contribution is 2.18. The summed E-state index contributed by atoms with van der Waals surface area (Å²) in [5, 5.41) is 3.41. The summed E-state index contributed by atoms with van der Waals surface area (Å²) in [6.07, 6.45) is 0. The number of nitrogens with one attached hydrogen (secondary N) is 1. The van der Waals surface area contributed by atoms with E-state index in [4.69, 9.17) is 18.0 Å². The van der Waals surface area contributed by atoms with E-state index in [9.17, 15) is 0 Å². The third-order valence-electron chi connectivity index (χ3n) is 2.31. The van der Waals surface area contributed by atoms with Gasteiger partial charge in [0.05, 0.1) is 0 Å². The van der Waals surface area contributed by atoms with Gasteiger partial charge >= 0.3 is 0 Å². The highest BCUT2D eigenvalue weighted by molar-refractivity contribution is 7.80. The van der Waals surface area contributed by atoms with Gasteiger partial charge in [-0.25, -0.2) is 0 Å². The number of hydrogen-bond acceptors (Lipinski definition) is 2. The Bertz CT molecular complexity index is 391. The number of aryl methyl sites for hydroxylation is 1. The standard InChI is InChI=1S/C13H20N2S/c1-9-7-10(15-8-13(2,3)4)5-6-11(9)12(14)16/h5-7,15H,8H2,1-4H3,(H2,14,16). The number of nitrogens with two attached hydrogens (primary N) is 1. The number of benzene rings is 1. The quantitative estimate of drug-likeness (QED) is 0.792. The van der Waals surface area contributed by atoms with Gasteiger partial charge in [0.2, 0.25) is 0 Å². The molecule has 0 unspecified atom stereocenters. The van der Waals surface area contributed by atoms with E-state index in [1.807, 2.05) is 19.1 Å². The fourth-order valence-corrected chi connectivity index (χ4v) is 1.65. The molecule has 0 amide bonds. The summed E-state index contributed by atoms with van der Waals surface area (Å²) < 4.78 is 0. The summed E-state index contributed by atoms with van der Waals surface area (Å²) in [5.74, 6) is 0. The van der Waals surface area contributed by atoms with Crippen LogP contribution in [0.1, 0.15) is 31.9 Å².